The van der Waals surface area contributed by atoms with Gasteiger partial charge in [-0.25, -0.2) is 0 Å². The van der Waals surface area contributed by atoms with Crippen molar-refractivity contribution in [1.29, 1.82) is 0 Å². The molecular weight excluding hydrogens is 249 g/mol. The normalized spacial score (nSPS) is 12.7. The van der Waals surface area contributed by atoms with Crippen molar-refractivity contribution in [2.75, 3.05) is 0 Å². The molecule has 1 nitrogen and oxygen atoms in total. The molecule has 78 valence electrons. The van der Waals surface area contributed by atoms with Gasteiger partial charge in [0.15, 0.2) is 0 Å². The first-order chi connectivity index (χ1) is 7.20. The quantitative estimate of drug-likeness (QED) is 0.862. The predicted molar refractivity (Wildman–Crippen MR) is 66.8 cm³/mol. The van der Waals surface area contributed by atoms with Crippen molar-refractivity contribution < 1.29 is 0 Å². The van der Waals surface area contributed by atoms with Crippen molar-refractivity contribution in [3.05, 3.63) is 56.2 Å². The van der Waals surface area contributed by atoms with Crippen molar-refractivity contribution in [2.24, 2.45) is 5.73 Å². The van der Waals surface area contributed by atoms with E-state index in [-0.39, 0.29) is 6.04 Å². The predicted octanol–water partition coefficient (Wildman–Crippen LogP) is 4.10. The Balaban J connectivity index is 2.42. The van der Waals surface area contributed by atoms with Gasteiger partial charge < -0.3 is 5.73 Å². The maximum atomic E-state index is 6.10. The number of benzene rings is 1. The summed E-state index contributed by atoms with van der Waals surface area (Å²) in [6, 6.07) is 7.30. The fourth-order valence-corrected chi connectivity index (χ4v) is 2.51. The van der Waals surface area contributed by atoms with Gasteiger partial charge in [0, 0.05) is 0 Å². The molecule has 0 saturated heterocycles. The highest BCUT2D eigenvalue weighted by atomic mass is 35.5. The topological polar surface area (TPSA) is 26.0 Å². The van der Waals surface area contributed by atoms with Crippen LogP contribution in [0.2, 0.25) is 10.0 Å². The van der Waals surface area contributed by atoms with E-state index in [1.807, 2.05) is 29.0 Å². The van der Waals surface area contributed by atoms with Crippen LogP contribution in [-0.4, -0.2) is 0 Å². The van der Waals surface area contributed by atoms with Gasteiger partial charge in [-0.15, -0.1) is 0 Å². The third-order valence-corrected chi connectivity index (χ3v) is 3.75. The van der Waals surface area contributed by atoms with Gasteiger partial charge in [0.25, 0.3) is 0 Å². The second-order valence-electron chi connectivity index (χ2n) is 3.18. The van der Waals surface area contributed by atoms with E-state index in [9.17, 15) is 0 Å². The number of thiophene rings is 1. The molecule has 2 rings (SSSR count). The molecule has 15 heavy (non-hydrogen) atoms. The van der Waals surface area contributed by atoms with Crippen LogP contribution in [0.5, 0.6) is 0 Å². The zero-order valence-electron chi connectivity index (χ0n) is 7.78. The average molecular weight is 258 g/mol. The standard InChI is InChI=1S/C11H9Cl2NS/c12-9-3-1-2-8(10(9)13)11(14)7-4-5-15-6-7/h1-6,11H,14H2. The molecule has 0 aliphatic heterocycles. The summed E-state index contributed by atoms with van der Waals surface area (Å²) in [6.07, 6.45) is 0. The Morgan fingerprint density at radius 1 is 1.20 bits per heavy atom. The van der Waals surface area contributed by atoms with Gasteiger partial charge in [0.05, 0.1) is 16.1 Å². The summed E-state index contributed by atoms with van der Waals surface area (Å²) < 4.78 is 0. The Morgan fingerprint density at radius 3 is 2.67 bits per heavy atom. The smallest absolute Gasteiger partial charge is 0.0643 e. The number of rotatable bonds is 2. The summed E-state index contributed by atoms with van der Waals surface area (Å²) in [7, 11) is 0. The highest BCUT2D eigenvalue weighted by molar-refractivity contribution is 7.08. The first kappa shape index (κ1) is 11.0. The summed E-state index contributed by atoms with van der Waals surface area (Å²) in [6.45, 7) is 0. The van der Waals surface area contributed by atoms with E-state index in [2.05, 4.69) is 0 Å². The molecule has 4 heteroatoms. The van der Waals surface area contributed by atoms with Crippen LogP contribution in [0.4, 0.5) is 0 Å². The van der Waals surface area contributed by atoms with Crippen molar-refractivity contribution in [3.8, 4) is 0 Å². The molecule has 1 heterocycles. The molecule has 0 amide bonds. The van der Waals surface area contributed by atoms with Crippen LogP contribution in [0.25, 0.3) is 0 Å². The van der Waals surface area contributed by atoms with E-state index in [0.29, 0.717) is 10.0 Å². The number of hydrogen-bond donors (Lipinski definition) is 1. The lowest BCUT2D eigenvalue weighted by molar-refractivity contribution is 0.877. The molecule has 0 radical (unpaired) electrons. The molecule has 1 unspecified atom stereocenters. The number of halogens is 2. The van der Waals surface area contributed by atoms with Crippen LogP contribution in [0.1, 0.15) is 17.2 Å². The molecule has 0 fully saturated rings. The second kappa shape index (κ2) is 4.54. The Hall–Kier alpha value is -0.540. The molecule has 0 saturated carbocycles. The van der Waals surface area contributed by atoms with Crippen molar-refractivity contribution in [3.63, 3.8) is 0 Å². The lowest BCUT2D eigenvalue weighted by Crippen LogP contribution is -2.11. The number of nitrogens with two attached hydrogens (primary N) is 1. The lowest BCUT2D eigenvalue weighted by atomic mass is 10.0. The number of hydrogen-bond acceptors (Lipinski definition) is 2. The van der Waals surface area contributed by atoms with E-state index in [4.69, 9.17) is 28.9 Å². The minimum Gasteiger partial charge on any atom is -0.320 e. The van der Waals surface area contributed by atoms with Crippen LogP contribution >= 0.6 is 34.5 Å². The van der Waals surface area contributed by atoms with Crippen LogP contribution < -0.4 is 5.73 Å². The van der Waals surface area contributed by atoms with Crippen molar-refractivity contribution in [1.82, 2.24) is 0 Å². The first-order valence-corrected chi connectivity index (χ1v) is 6.11. The van der Waals surface area contributed by atoms with Gasteiger partial charge in [-0.3, -0.25) is 0 Å². The zero-order valence-corrected chi connectivity index (χ0v) is 10.1. The Labute approximate surface area is 102 Å². The van der Waals surface area contributed by atoms with Gasteiger partial charge in [-0.05, 0) is 34.0 Å². The fraction of sp³-hybridized carbons (Fsp3) is 0.0909. The minimum absolute atomic E-state index is 0.206. The zero-order chi connectivity index (χ0) is 10.8. The summed E-state index contributed by atoms with van der Waals surface area (Å²) in [4.78, 5) is 0. The molecule has 0 aliphatic carbocycles. The summed E-state index contributed by atoms with van der Waals surface area (Å²) >= 11 is 13.6. The maximum absolute atomic E-state index is 6.10. The van der Waals surface area contributed by atoms with Crippen molar-refractivity contribution >= 4 is 34.5 Å². The molecular formula is C11H9Cl2NS. The molecule has 1 atom stereocenters. The molecule has 0 bridgehead atoms. The highest BCUT2D eigenvalue weighted by Crippen LogP contribution is 2.32. The molecule has 0 spiro atoms. The monoisotopic (exact) mass is 257 g/mol. The highest BCUT2D eigenvalue weighted by Gasteiger charge is 2.14. The van der Waals surface area contributed by atoms with E-state index in [1.165, 1.54) is 0 Å². The van der Waals surface area contributed by atoms with Crippen LogP contribution in [0.15, 0.2) is 35.0 Å². The summed E-state index contributed by atoms with van der Waals surface area (Å²) in [5, 5.41) is 5.09. The Kier molecular flexibility index (Phi) is 3.32. The van der Waals surface area contributed by atoms with E-state index >= 15 is 0 Å². The maximum Gasteiger partial charge on any atom is 0.0643 e. The molecule has 0 aliphatic rings. The SMILES string of the molecule is NC(c1ccsc1)c1cccc(Cl)c1Cl. The van der Waals surface area contributed by atoms with Gasteiger partial charge in [-0.2, -0.15) is 11.3 Å². The molecule has 1 aromatic heterocycles. The van der Waals surface area contributed by atoms with Crippen molar-refractivity contribution in [2.45, 2.75) is 6.04 Å². The minimum atomic E-state index is -0.206. The average Bonchev–Trinajstić information content (AvgIpc) is 2.74. The Bertz CT molecular complexity index is 454. The molecule has 2 N–H and O–H groups in total. The van der Waals surface area contributed by atoms with E-state index in [1.54, 1.807) is 17.4 Å². The lowest BCUT2D eigenvalue weighted by Gasteiger charge is -2.12. The first-order valence-electron chi connectivity index (χ1n) is 4.41. The second-order valence-corrected chi connectivity index (χ2v) is 4.74. The van der Waals surface area contributed by atoms with Crippen LogP contribution in [0.3, 0.4) is 0 Å². The summed E-state index contributed by atoms with van der Waals surface area (Å²) in [5.41, 5.74) is 8.02. The van der Waals surface area contributed by atoms with E-state index < -0.39 is 0 Å². The molecule has 1 aromatic carbocycles. The Morgan fingerprint density at radius 2 is 2.00 bits per heavy atom. The van der Waals surface area contributed by atoms with E-state index in [0.717, 1.165) is 11.1 Å². The van der Waals surface area contributed by atoms with Crippen LogP contribution in [-0.2, 0) is 0 Å². The third-order valence-electron chi connectivity index (χ3n) is 2.22. The largest absolute Gasteiger partial charge is 0.320 e. The van der Waals surface area contributed by atoms with Crippen LogP contribution in [0, 0.1) is 0 Å². The third kappa shape index (κ3) is 2.18. The van der Waals surface area contributed by atoms with Gasteiger partial charge >= 0.3 is 0 Å². The summed E-state index contributed by atoms with van der Waals surface area (Å²) in [5.74, 6) is 0. The van der Waals surface area contributed by atoms with Gasteiger partial charge in [-0.1, -0.05) is 35.3 Å². The van der Waals surface area contributed by atoms with Gasteiger partial charge in [0.1, 0.15) is 0 Å². The molecule has 2 aromatic rings. The fourth-order valence-electron chi connectivity index (χ4n) is 1.39. The van der Waals surface area contributed by atoms with Gasteiger partial charge in [0.2, 0.25) is 0 Å².